The minimum absolute atomic E-state index is 0. The molecule has 0 unspecified atom stereocenters. The summed E-state index contributed by atoms with van der Waals surface area (Å²) < 4.78 is 7.43. The van der Waals surface area contributed by atoms with Gasteiger partial charge in [0.25, 0.3) is 0 Å². The topological polar surface area (TPSA) is 63.3 Å². The first-order valence-electron chi connectivity index (χ1n) is 20.2. The van der Waals surface area contributed by atoms with E-state index in [9.17, 15) is 9.90 Å². The molecular formula is C50H62IrNO3S-. The zero-order chi connectivity index (χ0) is 40.5. The van der Waals surface area contributed by atoms with Crippen LogP contribution < -0.4 is 0 Å². The quantitative estimate of drug-likeness (QED) is 0.0798. The molecule has 0 fully saturated rings. The van der Waals surface area contributed by atoms with E-state index in [1.165, 1.54) is 37.6 Å². The number of aromatic nitrogens is 1. The number of rotatable bonds is 11. The minimum Gasteiger partial charge on any atom is -0.512 e. The number of benzene rings is 3. The molecule has 0 saturated heterocycles. The fraction of sp³-hybridized carbons (Fsp3) is 0.440. The monoisotopic (exact) mass is 949 g/mol. The normalized spacial score (nSPS) is 12.6. The van der Waals surface area contributed by atoms with Gasteiger partial charge in [-0.05, 0) is 79.9 Å². The Kier molecular flexibility index (Phi) is 14.4. The first-order chi connectivity index (χ1) is 25.9. The Morgan fingerprint density at radius 3 is 2.14 bits per heavy atom. The second-order valence-corrected chi connectivity index (χ2v) is 18.6. The second-order valence-electron chi connectivity index (χ2n) is 17.4. The Bertz CT molecular complexity index is 2340. The Morgan fingerprint density at radius 2 is 1.54 bits per heavy atom. The van der Waals surface area contributed by atoms with Crippen LogP contribution in [0.25, 0.3) is 54.3 Å². The van der Waals surface area contributed by atoms with E-state index < -0.39 is 0 Å². The number of thiophene rings is 1. The van der Waals surface area contributed by atoms with Crippen molar-refractivity contribution in [3.05, 3.63) is 100 Å². The van der Waals surface area contributed by atoms with Crippen molar-refractivity contribution in [3.8, 4) is 22.4 Å². The zero-order valence-electron chi connectivity index (χ0n) is 35.9. The molecule has 3 heterocycles. The molecular weight excluding hydrogens is 887 g/mol. The van der Waals surface area contributed by atoms with Crippen molar-refractivity contribution in [3.63, 3.8) is 0 Å². The molecule has 0 amide bonds. The number of hydrogen-bond donors (Lipinski definition) is 1. The Balaban J connectivity index is 0.000000330. The predicted molar refractivity (Wildman–Crippen MR) is 236 cm³/mol. The molecule has 1 radical (unpaired) electrons. The predicted octanol–water partition coefficient (Wildman–Crippen LogP) is 15.1. The Labute approximate surface area is 353 Å². The van der Waals surface area contributed by atoms with Crippen molar-refractivity contribution in [2.24, 2.45) is 16.7 Å². The summed E-state index contributed by atoms with van der Waals surface area (Å²) in [6.07, 6.45) is 7.70. The summed E-state index contributed by atoms with van der Waals surface area (Å²) in [6, 6.07) is 23.5. The van der Waals surface area contributed by atoms with Gasteiger partial charge in [0, 0.05) is 63.4 Å². The fourth-order valence-corrected chi connectivity index (χ4v) is 8.62. The molecule has 0 aliphatic rings. The van der Waals surface area contributed by atoms with Crippen LogP contribution in [-0.4, -0.2) is 15.9 Å². The first kappa shape index (κ1) is 45.1. The third-order valence-electron chi connectivity index (χ3n) is 12.1. The van der Waals surface area contributed by atoms with Crippen molar-refractivity contribution in [2.45, 2.75) is 128 Å². The van der Waals surface area contributed by atoms with E-state index in [0.29, 0.717) is 5.92 Å². The summed E-state index contributed by atoms with van der Waals surface area (Å²) in [5.41, 5.74) is 9.12. The zero-order valence-corrected chi connectivity index (χ0v) is 39.1. The van der Waals surface area contributed by atoms with E-state index in [4.69, 9.17) is 9.40 Å². The number of carbonyl (C=O) groups is 1. The average Bonchev–Trinajstić information content (AvgIpc) is 3.70. The molecule has 0 aliphatic carbocycles. The molecule has 6 aromatic rings. The van der Waals surface area contributed by atoms with Crippen LogP contribution in [0.2, 0.25) is 0 Å². The molecule has 0 bridgehead atoms. The van der Waals surface area contributed by atoms with Crippen LogP contribution >= 0.6 is 11.3 Å². The third kappa shape index (κ3) is 9.25. The molecule has 0 spiro atoms. The molecule has 1 N–H and O–H groups in total. The summed E-state index contributed by atoms with van der Waals surface area (Å²) in [4.78, 5) is 18.8. The largest absolute Gasteiger partial charge is 0.512 e. The molecule has 4 nitrogen and oxygen atoms in total. The van der Waals surface area contributed by atoms with Gasteiger partial charge in [-0.1, -0.05) is 124 Å². The number of carbonyl (C=O) groups excluding carboxylic acids is 1. The number of aryl methyl sites for hydroxylation is 2. The number of furan rings is 1. The van der Waals surface area contributed by atoms with Crippen LogP contribution in [0.15, 0.2) is 77.1 Å². The van der Waals surface area contributed by atoms with E-state index in [2.05, 4.69) is 109 Å². The van der Waals surface area contributed by atoms with Gasteiger partial charge in [0.2, 0.25) is 0 Å². The number of aliphatic hydroxyl groups is 1. The van der Waals surface area contributed by atoms with Crippen LogP contribution in [0, 0.1) is 36.7 Å². The molecule has 0 atom stereocenters. The maximum atomic E-state index is 12.2. The van der Waals surface area contributed by atoms with E-state index in [1.54, 1.807) is 0 Å². The van der Waals surface area contributed by atoms with Crippen LogP contribution in [0.1, 0.15) is 123 Å². The number of ketones is 1. The van der Waals surface area contributed by atoms with Gasteiger partial charge in [0.1, 0.15) is 11.3 Å². The Morgan fingerprint density at radius 1 is 0.893 bits per heavy atom. The van der Waals surface area contributed by atoms with E-state index in [0.717, 1.165) is 76.5 Å². The van der Waals surface area contributed by atoms with Crippen molar-refractivity contribution in [1.29, 1.82) is 0 Å². The van der Waals surface area contributed by atoms with Crippen molar-refractivity contribution >= 4 is 49.1 Å². The van der Waals surface area contributed by atoms with Gasteiger partial charge in [-0.25, -0.2) is 0 Å². The maximum absolute atomic E-state index is 12.2. The van der Waals surface area contributed by atoms with Gasteiger partial charge in [-0.15, -0.1) is 40.5 Å². The summed E-state index contributed by atoms with van der Waals surface area (Å²) in [6.45, 7) is 27.8. The molecule has 6 rings (SSSR count). The smallest absolute Gasteiger partial charge is 0.164 e. The summed E-state index contributed by atoms with van der Waals surface area (Å²) in [5, 5.41) is 13.9. The molecule has 6 heteroatoms. The minimum atomic E-state index is -0.337. The van der Waals surface area contributed by atoms with E-state index in [-0.39, 0.29) is 47.9 Å². The average molecular weight is 949 g/mol. The Hall–Kier alpha value is -3.57. The summed E-state index contributed by atoms with van der Waals surface area (Å²) in [5.74, 6) is 0.930. The molecule has 3 aromatic carbocycles. The van der Waals surface area contributed by atoms with Gasteiger partial charge in [0.15, 0.2) is 11.4 Å². The maximum Gasteiger partial charge on any atom is 0.164 e. The summed E-state index contributed by atoms with van der Waals surface area (Å²) >= 11 is 1.93. The number of allylic oxidation sites excluding steroid dienone is 2. The van der Waals surface area contributed by atoms with Gasteiger partial charge in [-0.3, -0.25) is 9.78 Å². The van der Waals surface area contributed by atoms with Gasteiger partial charge < -0.3 is 9.52 Å². The van der Waals surface area contributed by atoms with Crippen molar-refractivity contribution in [1.82, 2.24) is 4.98 Å². The molecule has 3 aromatic heterocycles. The number of hydrogen-bond acceptors (Lipinski definition) is 5. The van der Waals surface area contributed by atoms with E-state index >= 15 is 0 Å². The number of aliphatic hydroxyl groups excluding tert-OH is 1. The van der Waals surface area contributed by atoms with Gasteiger partial charge in [-0.2, -0.15) is 0 Å². The molecule has 301 valence electrons. The van der Waals surface area contributed by atoms with Crippen molar-refractivity contribution in [2.75, 3.05) is 0 Å². The third-order valence-corrected chi connectivity index (χ3v) is 13.4. The SMILES string of the molecule is CCC(C)(CC)C(=O)/C=C(\O)C(C)(CC)CC.Cc1c(CC(C)C)sc2cc(-c3cc(-c4[c-]c5ccccc5c(C(C)(C)C)c4)nc4c(C)coc34)ccc12.[Ir]. The second kappa shape index (κ2) is 17.9. The van der Waals surface area contributed by atoms with Gasteiger partial charge >= 0.3 is 0 Å². The molecule has 0 saturated carbocycles. The standard InChI is InChI=1S/C35H34NOS.C15H28O2.Ir/c1-20(2)14-31-22(4)26-13-12-24(17-32(26)38-31)28-18-30(36-33-21(3)19-37-34(28)33)25-15-23-10-8-9-11-27(23)29(16-25)35(5,6)7;1-7-14(5,8-2)12(16)11-13(17)15(6,9-3)10-4;/h8-13,16-20H,14H2,1-7H3;11,16H,7-10H2,1-6H3;/q-1;;/b;12-11-;. The van der Waals surface area contributed by atoms with E-state index in [1.807, 2.05) is 59.1 Å². The molecule has 56 heavy (non-hydrogen) atoms. The number of fused-ring (bicyclic) bond motifs is 3. The first-order valence-corrected chi connectivity index (χ1v) is 21.0. The molecule has 0 aliphatic heterocycles. The fourth-order valence-electron chi connectivity index (χ4n) is 7.16. The van der Waals surface area contributed by atoms with Gasteiger partial charge in [0.05, 0.1) is 6.26 Å². The van der Waals surface area contributed by atoms with Crippen LogP contribution in [0.3, 0.4) is 0 Å². The number of pyridine rings is 1. The van der Waals surface area contributed by atoms with Crippen LogP contribution in [0.4, 0.5) is 0 Å². The van der Waals surface area contributed by atoms with Crippen LogP contribution in [-0.2, 0) is 36.7 Å². The number of nitrogens with zero attached hydrogens (tertiary/aromatic N) is 1. The van der Waals surface area contributed by atoms with Crippen LogP contribution in [0.5, 0.6) is 0 Å². The summed E-state index contributed by atoms with van der Waals surface area (Å²) in [7, 11) is 0. The van der Waals surface area contributed by atoms with Crippen molar-refractivity contribution < 1.29 is 34.4 Å².